The lowest BCUT2D eigenvalue weighted by Gasteiger charge is -2.26. The topological polar surface area (TPSA) is 56.8 Å². The second-order valence-corrected chi connectivity index (χ2v) is 6.60. The van der Waals surface area contributed by atoms with Crippen molar-refractivity contribution in [2.75, 3.05) is 19.8 Å². The van der Waals surface area contributed by atoms with Crippen molar-refractivity contribution in [3.63, 3.8) is 0 Å². The summed E-state index contributed by atoms with van der Waals surface area (Å²) < 4.78 is 17.1. The lowest BCUT2D eigenvalue weighted by atomic mass is 10.2. The van der Waals surface area contributed by atoms with Gasteiger partial charge in [0.1, 0.15) is 18.5 Å². The first-order chi connectivity index (χ1) is 12.6. The number of aryl methyl sites for hydroxylation is 1. The summed E-state index contributed by atoms with van der Waals surface area (Å²) in [6, 6.07) is 13.0. The highest BCUT2D eigenvalue weighted by Crippen LogP contribution is 2.30. The lowest BCUT2D eigenvalue weighted by molar-refractivity contribution is -0.121. The maximum Gasteiger partial charge on any atom is 0.220 e. The maximum absolute atomic E-state index is 12.0. The first-order valence-electron chi connectivity index (χ1n) is 8.66. The number of ether oxygens (including phenoxy) is 3. The van der Waals surface area contributed by atoms with E-state index in [4.69, 9.17) is 25.8 Å². The van der Waals surface area contributed by atoms with Gasteiger partial charge in [-0.05, 0) is 49.2 Å². The van der Waals surface area contributed by atoms with Crippen molar-refractivity contribution in [2.24, 2.45) is 0 Å². The van der Waals surface area contributed by atoms with Crippen LogP contribution in [0.25, 0.3) is 0 Å². The number of para-hydroxylation sites is 2. The Morgan fingerprint density at radius 2 is 2.08 bits per heavy atom. The Labute approximate surface area is 158 Å². The van der Waals surface area contributed by atoms with Crippen LogP contribution < -0.4 is 19.5 Å². The number of carbonyl (C=O) groups excluding carboxylic acids is 1. The number of hydrogen-bond acceptors (Lipinski definition) is 4. The summed E-state index contributed by atoms with van der Waals surface area (Å²) in [6.45, 7) is 3.27. The van der Waals surface area contributed by atoms with Crippen LogP contribution in [0.5, 0.6) is 17.2 Å². The summed E-state index contributed by atoms with van der Waals surface area (Å²) in [6.07, 6.45) is 0.858. The second kappa shape index (κ2) is 8.81. The van der Waals surface area contributed by atoms with Crippen LogP contribution in [0.4, 0.5) is 0 Å². The van der Waals surface area contributed by atoms with E-state index in [1.165, 1.54) is 0 Å². The van der Waals surface area contributed by atoms with Crippen LogP contribution in [0.2, 0.25) is 5.02 Å². The van der Waals surface area contributed by atoms with Gasteiger partial charge >= 0.3 is 0 Å². The second-order valence-electron chi connectivity index (χ2n) is 6.16. The van der Waals surface area contributed by atoms with Crippen LogP contribution in [0.15, 0.2) is 42.5 Å². The van der Waals surface area contributed by atoms with Crippen molar-refractivity contribution in [1.29, 1.82) is 0 Å². The fraction of sp³-hybridized carbons (Fsp3) is 0.350. The number of hydrogen-bond donors (Lipinski definition) is 1. The van der Waals surface area contributed by atoms with Gasteiger partial charge in [-0.25, -0.2) is 0 Å². The highest BCUT2D eigenvalue weighted by atomic mass is 35.5. The predicted octanol–water partition coefficient (Wildman–Crippen LogP) is 3.76. The van der Waals surface area contributed by atoms with Gasteiger partial charge in [0, 0.05) is 11.4 Å². The monoisotopic (exact) mass is 375 g/mol. The van der Waals surface area contributed by atoms with Gasteiger partial charge in [0.2, 0.25) is 5.91 Å². The van der Waals surface area contributed by atoms with Gasteiger partial charge in [0.15, 0.2) is 11.5 Å². The average molecular weight is 376 g/mol. The zero-order chi connectivity index (χ0) is 18.4. The SMILES string of the molecule is Cc1cc(Cl)ccc1OCCCC(=O)NC[C@H]1COc2ccccc2O1. The van der Waals surface area contributed by atoms with E-state index < -0.39 is 0 Å². The number of fused-ring (bicyclic) bond motifs is 1. The molecule has 0 saturated carbocycles. The van der Waals surface area contributed by atoms with Crippen molar-refractivity contribution in [1.82, 2.24) is 5.32 Å². The van der Waals surface area contributed by atoms with Gasteiger partial charge in [0.05, 0.1) is 13.2 Å². The van der Waals surface area contributed by atoms with Gasteiger partial charge in [-0.3, -0.25) is 4.79 Å². The molecule has 0 radical (unpaired) electrons. The molecule has 1 aliphatic heterocycles. The molecule has 0 aromatic heterocycles. The molecule has 2 aromatic carbocycles. The highest BCUT2D eigenvalue weighted by molar-refractivity contribution is 6.30. The number of rotatable bonds is 7. The Hall–Kier alpha value is -2.40. The van der Waals surface area contributed by atoms with Crippen LogP contribution in [0, 0.1) is 6.92 Å². The van der Waals surface area contributed by atoms with Crippen LogP contribution in [0.1, 0.15) is 18.4 Å². The lowest BCUT2D eigenvalue weighted by Crippen LogP contribution is -2.40. The molecule has 5 nitrogen and oxygen atoms in total. The van der Waals surface area contributed by atoms with E-state index in [1.54, 1.807) is 6.07 Å². The first kappa shape index (κ1) is 18.4. The summed E-state index contributed by atoms with van der Waals surface area (Å²) in [4.78, 5) is 12.0. The Morgan fingerprint density at radius 3 is 2.88 bits per heavy atom. The molecule has 0 saturated heterocycles. The van der Waals surface area contributed by atoms with Crippen LogP contribution in [-0.2, 0) is 4.79 Å². The molecule has 3 rings (SSSR count). The zero-order valence-electron chi connectivity index (χ0n) is 14.7. The molecular weight excluding hydrogens is 354 g/mol. The standard InChI is InChI=1S/C20H22ClNO4/c1-14-11-15(21)8-9-17(14)24-10-4-7-20(23)22-12-16-13-25-18-5-2-3-6-19(18)26-16/h2-3,5-6,8-9,11,16H,4,7,10,12-13H2,1H3,(H,22,23)/t16-/m0/s1. The van der Waals surface area contributed by atoms with Crippen molar-refractivity contribution >= 4 is 17.5 Å². The molecule has 0 unspecified atom stereocenters. The summed E-state index contributed by atoms with van der Waals surface area (Å²) in [5.74, 6) is 2.22. The van der Waals surface area contributed by atoms with E-state index in [9.17, 15) is 4.79 Å². The van der Waals surface area contributed by atoms with Gasteiger partial charge in [0.25, 0.3) is 0 Å². The molecular formula is C20H22ClNO4. The van der Waals surface area contributed by atoms with E-state index in [-0.39, 0.29) is 12.0 Å². The summed E-state index contributed by atoms with van der Waals surface area (Å²) in [5.41, 5.74) is 0.983. The van der Waals surface area contributed by atoms with Crippen molar-refractivity contribution in [3.8, 4) is 17.2 Å². The van der Waals surface area contributed by atoms with E-state index in [0.717, 1.165) is 17.1 Å². The molecule has 0 bridgehead atoms. The first-order valence-corrected chi connectivity index (χ1v) is 9.04. The molecule has 1 atom stereocenters. The number of carbonyl (C=O) groups is 1. The van der Waals surface area contributed by atoms with Crippen LogP contribution in [-0.4, -0.2) is 31.8 Å². The molecule has 1 amide bonds. The summed E-state index contributed by atoms with van der Waals surface area (Å²) in [7, 11) is 0. The fourth-order valence-corrected chi connectivity index (χ4v) is 2.90. The van der Waals surface area contributed by atoms with E-state index >= 15 is 0 Å². The van der Waals surface area contributed by atoms with Gasteiger partial charge in [-0.1, -0.05) is 23.7 Å². The third kappa shape index (κ3) is 5.05. The Balaban J connectivity index is 1.33. The largest absolute Gasteiger partial charge is 0.493 e. The van der Waals surface area contributed by atoms with Crippen molar-refractivity contribution < 1.29 is 19.0 Å². The fourth-order valence-electron chi connectivity index (χ4n) is 2.67. The predicted molar refractivity (Wildman–Crippen MR) is 100 cm³/mol. The molecule has 0 spiro atoms. The maximum atomic E-state index is 12.0. The molecule has 0 aliphatic carbocycles. The smallest absolute Gasteiger partial charge is 0.220 e. The Bertz CT molecular complexity index is 765. The number of amides is 1. The van der Waals surface area contributed by atoms with Crippen LogP contribution >= 0.6 is 11.6 Å². The number of nitrogens with one attached hydrogen (secondary N) is 1. The summed E-state index contributed by atoms with van der Waals surface area (Å²) in [5, 5.41) is 3.57. The molecule has 1 N–H and O–H groups in total. The minimum absolute atomic E-state index is 0.0242. The minimum atomic E-state index is -0.179. The number of benzene rings is 2. The molecule has 1 aliphatic rings. The molecule has 26 heavy (non-hydrogen) atoms. The Kier molecular flexibility index (Phi) is 6.23. The van der Waals surface area contributed by atoms with Crippen LogP contribution in [0.3, 0.4) is 0 Å². The highest BCUT2D eigenvalue weighted by Gasteiger charge is 2.20. The molecule has 138 valence electrons. The molecule has 2 aromatic rings. The van der Waals surface area contributed by atoms with E-state index in [0.29, 0.717) is 43.4 Å². The third-order valence-electron chi connectivity index (χ3n) is 4.04. The molecule has 0 fully saturated rings. The van der Waals surface area contributed by atoms with Gasteiger partial charge in [-0.2, -0.15) is 0 Å². The van der Waals surface area contributed by atoms with Crippen molar-refractivity contribution in [3.05, 3.63) is 53.1 Å². The quantitative estimate of drug-likeness (QED) is 0.748. The van der Waals surface area contributed by atoms with Gasteiger partial charge in [-0.15, -0.1) is 0 Å². The molecule has 1 heterocycles. The van der Waals surface area contributed by atoms with E-state index in [2.05, 4.69) is 5.32 Å². The van der Waals surface area contributed by atoms with Crippen molar-refractivity contribution in [2.45, 2.75) is 25.9 Å². The molecule has 6 heteroatoms. The minimum Gasteiger partial charge on any atom is -0.493 e. The van der Waals surface area contributed by atoms with E-state index in [1.807, 2.05) is 43.3 Å². The number of halogens is 1. The third-order valence-corrected chi connectivity index (χ3v) is 4.27. The normalized spacial score (nSPS) is 15.4. The summed E-state index contributed by atoms with van der Waals surface area (Å²) >= 11 is 5.92. The van der Waals surface area contributed by atoms with Gasteiger partial charge < -0.3 is 19.5 Å². The Morgan fingerprint density at radius 1 is 1.27 bits per heavy atom. The zero-order valence-corrected chi connectivity index (χ0v) is 15.4. The average Bonchev–Trinajstić information content (AvgIpc) is 2.65.